The molecule has 116 valence electrons. The molecule has 1 rings (SSSR count). The SMILES string of the molecule is CCCN(CCC)c1c([N+](=O)[O-])cc(C)c(Cl)c1[N+](=O)[O-]. The number of hydrogen-bond acceptors (Lipinski definition) is 5. The van der Waals surface area contributed by atoms with Crippen LogP contribution in [0.2, 0.25) is 5.02 Å². The van der Waals surface area contributed by atoms with Gasteiger partial charge in [-0.2, -0.15) is 0 Å². The molecule has 0 amide bonds. The molecule has 0 radical (unpaired) electrons. The molecular formula is C13H18ClN3O4. The maximum Gasteiger partial charge on any atom is 0.318 e. The maximum atomic E-state index is 11.4. The summed E-state index contributed by atoms with van der Waals surface area (Å²) in [6, 6.07) is 1.29. The van der Waals surface area contributed by atoms with Crippen molar-refractivity contribution in [1.82, 2.24) is 0 Å². The van der Waals surface area contributed by atoms with Crippen molar-refractivity contribution >= 4 is 28.7 Å². The van der Waals surface area contributed by atoms with Crippen molar-refractivity contribution in [2.75, 3.05) is 18.0 Å². The second-order valence-electron chi connectivity index (χ2n) is 4.73. The van der Waals surface area contributed by atoms with Crippen LogP contribution in [0.25, 0.3) is 0 Å². The molecule has 0 N–H and O–H groups in total. The summed E-state index contributed by atoms with van der Waals surface area (Å²) in [6.07, 6.45) is 1.44. The molecule has 7 nitrogen and oxygen atoms in total. The molecular weight excluding hydrogens is 298 g/mol. The Hall–Kier alpha value is -1.89. The lowest BCUT2D eigenvalue weighted by molar-refractivity contribution is -0.392. The van der Waals surface area contributed by atoms with Gasteiger partial charge in [0.15, 0.2) is 5.69 Å². The summed E-state index contributed by atoms with van der Waals surface area (Å²) in [4.78, 5) is 23.1. The van der Waals surface area contributed by atoms with E-state index < -0.39 is 9.85 Å². The Balaban J connectivity index is 3.67. The van der Waals surface area contributed by atoms with E-state index in [0.717, 1.165) is 12.8 Å². The first kappa shape index (κ1) is 17.2. The van der Waals surface area contributed by atoms with Gasteiger partial charge in [0.05, 0.1) is 9.85 Å². The van der Waals surface area contributed by atoms with Crippen LogP contribution >= 0.6 is 11.6 Å². The monoisotopic (exact) mass is 315 g/mol. The van der Waals surface area contributed by atoms with Crippen molar-refractivity contribution in [2.45, 2.75) is 33.6 Å². The van der Waals surface area contributed by atoms with Crippen molar-refractivity contribution in [3.8, 4) is 0 Å². The van der Waals surface area contributed by atoms with Gasteiger partial charge in [0.2, 0.25) is 0 Å². The van der Waals surface area contributed by atoms with E-state index in [1.54, 1.807) is 4.90 Å². The van der Waals surface area contributed by atoms with Crippen molar-refractivity contribution in [3.05, 3.63) is 36.9 Å². The summed E-state index contributed by atoms with van der Waals surface area (Å²) in [5.74, 6) is 0. The second kappa shape index (κ2) is 7.21. The van der Waals surface area contributed by atoms with Crippen molar-refractivity contribution in [1.29, 1.82) is 0 Å². The lowest BCUT2D eigenvalue weighted by atomic mass is 10.1. The van der Waals surface area contributed by atoms with E-state index in [4.69, 9.17) is 11.6 Å². The first-order chi connectivity index (χ1) is 9.84. The molecule has 0 aliphatic rings. The Kier molecular flexibility index (Phi) is 5.90. The molecule has 1 aromatic rings. The van der Waals surface area contributed by atoms with Gasteiger partial charge in [-0.1, -0.05) is 25.4 Å². The Labute approximate surface area is 127 Å². The third-order valence-corrected chi connectivity index (χ3v) is 3.53. The van der Waals surface area contributed by atoms with Crippen LogP contribution in [0.5, 0.6) is 0 Å². The maximum absolute atomic E-state index is 11.4. The molecule has 0 bridgehead atoms. The highest BCUT2D eigenvalue weighted by Gasteiger charge is 2.33. The van der Waals surface area contributed by atoms with Crippen LogP contribution in [0.15, 0.2) is 6.07 Å². The normalized spacial score (nSPS) is 10.5. The molecule has 21 heavy (non-hydrogen) atoms. The zero-order valence-electron chi connectivity index (χ0n) is 12.3. The number of anilines is 1. The van der Waals surface area contributed by atoms with Crippen LogP contribution in [0.3, 0.4) is 0 Å². The van der Waals surface area contributed by atoms with Crippen LogP contribution in [0, 0.1) is 27.2 Å². The highest BCUT2D eigenvalue weighted by atomic mass is 35.5. The molecule has 0 unspecified atom stereocenters. The predicted octanol–water partition coefficient (Wildman–Crippen LogP) is 4.09. The molecule has 0 fully saturated rings. The van der Waals surface area contributed by atoms with Gasteiger partial charge in [0.1, 0.15) is 5.02 Å². The highest BCUT2D eigenvalue weighted by Crippen LogP contribution is 2.44. The van der Waals surface area contributed by atoms with E-state index in [0.29, 0.717) is 18.7 Å². The van der Waals surface area contributed by atoms with Crippen molar-refractivity contribution in [2.24, 2.45) is 0 Å². The quantitative estimate of drug-likeness (QED) is 0.558. The number of nitro groups is 2. The van der Waals surface area contributed by atoms with Gasteiger partial charge in [0.25, 0.3) is 5.69 Å². The minimum atomic E-state index is -0.643. The number of benzene rings is 1. The van der Waals surface area contributed by atoms with Gasteiger partial charge >= 0.3 is 5.69 Å². The highest BCUT2D eigenvalue weighted by molar-refractivity contribution is 6.34. The average molecular weight is 316 g/mol. The first-order valence-corrected chi connectivity index (χ1v) is 7.09. The minimum Gasteiger partial charge on any atom is -0.360 e. The van der Waals surface area contributed by atoms with E-state index in [1.807, 2.05) is 13.8 Å². The largest absolute Gasteiger partial charge is 0.360 e. The smallest absolute Gasteiger partial charge is 0.318 e. The fraction of sp³-hybridized carbons (Fsp3) is 0.538. The minimum absolute atomic E-state index is 0.00398. The number of nitrogens with zero attached hydrogens (tertiary/aromatic N) is 3. The van der Waals surface area contributed by atoms with E-state index in [2.05, 4.69) is 0 Å². The van der Waals surface area contributed by atoms with Crippen LogP contribution in [-0.2, 0) is 0 Å². The predicted molar refractivity (Wildman–Crippen MR) is 82.3 cm³/mol. The van der Waals surface area contributed by atoms with Gasteiger partial charge in [-0.25, -0.2) is 0 Å². The van der Waals surface area contributed by atoms with Crippen LogP contribution in [0.1, 0.15) is 32.3 Å². The molecule has 0 aliphatic heterocycles. The Morgan fingerprint density at radius 3 is 2.05 bits per heavy atom. The number of halogens is 1. The molecule has 0 aromatic heterocycles. The summed E-state index contributed by atoms with van der Waals surface area (Å²) in [5.41, 5.74) is -0.327. The average Bonchev–Trinajstić information content (AvgIpc) is 2.40. The number of nitro benzene ring substituents is 2. The number of hydrogen-bond donors (Lipinski definition) is 0. The summed E-state index contributed by atoms with van der Waals surface area (Å²) in [6.45, 7) is 6.34. The van der Waals surface area contributed by atoms with Gasteiger partial charge in [-0.15, -0.1) is 0 Å². The number of aryl methyl sites for hydroxylation is 1. The molecule has 8 heteroatoms. The van der Waals surface area contributed by atoms with Gasteiger partial charge in [0, 0.05) is 19.2 Å². The molecule has 0 aliphatic carbocycles. The summed E-state index contributed by atoms with van der Waals surface area (Å²) in [5, 5.41) is 22.6. The van der Waals surface area contributed by atoms with Crippen molar-refractivity contribution < 1.29 is 9.85 Å². The van der Waals surface area contributed by atoms with Crippen LogP contribution < -0.4 is 4.90 Å². The van der Waals surface area contributed by atoms with E-state index in [9.17, 15) is 20.2 Å². The third-order valence-electron chi connectivity index (χ3n) is 3.06. The Morgan fingerprint density at radius 1 is 1.14 bits per heavy atom. The second-order valence-corrected chi connectivity index (χ2v) is 5.10. The van der Waals surface area contributed by atoms with Gasteiger partial charge in [-0.3, -0.25) is 20.2 Å². The lowest BCUT2D eigenvalue weighted by Gasteiger charge is -2.23. The third kappa shape index (κ3) is 3.60. The van der Waals surface area contributed by atoms with E-state index >= 15 is 0 Å². The fourth-order valence-electron chi connectivity index (χ4n) is 2.24. The van der Waals surface area contributed by atoms with E-state index in [-0.39, 0.29) is 22.1 Å². The van der Waals surface area contributed by atoms with Gasteiger partial charge < -0.3 is 4.90 Å². The standard InChI is InChI=1S/C13H18ClN3O4/c1-4-6-15(7-5-2)12-10(16(18)19)8-9(3)11(14)13(12)17(20)21/h8H,4-7H2,1-3H3. The molecule has 0 saturated heterocycles. The van der Waals surface area contributed by atoms with Crippen LogP contribution in [0.4, 0.5) is 17.1 Å². The molecule has 0 spiro atoms. The van der Waals surface area contributed by atoms with Crippen molar-refractivity contribution in [3.63, 3.8) is 0 Å². The summed E-state index contributed by atoms with van der Waals surface area (Å²) < 4.78 is 0. The zero-order chi connectivity index (χ0) is 16.2. The summed E-state index contributed by atoms with van der Waals surface area (Å²) in [7, 11) is 0. The topological polar surface area (TPSA) is 89.5 Å². The lowest BCUT2D eigenvalue weighted by Crippen LogP contribution is -2.26. The molecule has 0 heterocycles. The number of rotatable bonds is 7. The molecule has 1 aromatic carbocycles. The Bertz CT molecular complexity index is 557. The molecule has 0 atom stereocenters. The van der Waals surface area contributed by atoms with E-state index in [1.165, 1.54) is 13.0 Å². The Morgan fingerprint density at radius 2 is 1.67 bits per heavy atom. The fourth-order valence-corrected chi connectivity index (χ4v) is 2.45. The summed E-state index contributed by atoms with van der Waals surface area (Å²) >= 11 is 6.02. The van der Waals surface area contributed by atoms with Crippen LogP contribution in [-0.4, -0.2) is 22.9 Å². The molecule has 0 saturated carbocycles. The van der Waals surface area contributed by atoms with Gasteiger partial charge in [-0.05, 0) is 25.3 Å². The zero-order valence-corrected chi connectivity index (χ0v) is 13.0. The first-order valence-electron chi connectivity index (χ1n) is 6.71.